The molecular formula is C15H18N2O. The molecule has 0 bridgehead atoms. The molecular weight excluding hydrogens is 224 g/mol. The Morgan fingerprint density at radius 3 is 3.06 bits per heavy atom. The van der Waals surface area contributed by atoms with E-state index in [4.69, 9.17) is 4.42 Å². The van der Waals surface area contributed by atoms with E-state index in [0.29, 0.717) is 6.04 Å². The van der Waals surface area contributed by atoms with E-state index >= 15 is 0 Å². The molecule has 3 heteroatoms. The molecule has 0 radical (unpaired) electrons. The summed E-state index contributed by atoms with van der Waals surface area (Å²) in [6.45, 7) is 4.32. The molecule has 0 unspecified atom stereocenters. The molecule has 0 aromatic carbocycles. The van der Waals surface area contributed by atoms with Crippen molar-refractivity contribution in [1.82, 2.24) is 9.88 Å². The van der Waals surface area contributed by atoms with Crippen LogP contribution in [0.3, 0.4) is 0 Å². The number of likely N-dealkylation sites (tertiary alicyclic amines) is 1. The molecule has 0 amide bonds. The first-order valence-electron chi connectivity index (χ1n) is 6.49. The highest BCUT2D eigenvalue weighted by atomic mass is 16.3. The fraction of sp³-hybridized carbons (Fsp3) is 0.400. The Morgan fingerprint density at radius 1 is 1.39 bits per heavy atom. The highest BCUT2D eigenvalue weighted by molar-refractivity contribution is 5.16. The quantitative estimate of drug-likeness (QED) is 0.827. The fourth-order valence-corrected chi connectivity index (χ4v) is 2.83. The van der Waals surface area contributed by atoms with Crippen LogP contribution in [-0.4, -0.2) is 16.4 Å². The summed E-state index contributed by atoms with van der Waals surface area (Å²) in [4.78, 5) is 6.72. The third kappa shape index (κ3) is 2.31. The van der Waals surface area contributed by atoms with Gasteiger partial charge in [-0.05, 0) is 36.1 Å². The average molecular weight is 242 g/mol. The average Bonchev–Trinajstić information content (AvgIpc) is 3.01. The summed E-state index contributed by atoms with van der Waals surface area (Å²) in [7, 11) is 0. The van der Waals surface area contributed by atoms with Gasteiger partial charge in [-0.15, -0.1) is 0 Å². The molecule has 94 valence electrons. The number of pyridine rings is 1. The van der Waals surface area contributed by atoms with E-state index in [9.17, 15) is 0 Å². The van der Waals surface area contributed by atoms with Gasteiger partial charge in [0.25, 0.3) is 0 Å². The first-order valence-corrected chi connectivity index (χ1v) is 6.49. The maximum atomic E-state index is 5.46. The van der Waals surface area contributed by atoms with Gasteiger partial charge >= 0.3 is 0 Å². The van der Waals surface area contributed by atoms with E-state index in [1.807, 2.05) is 30.6 Å². The van der Waals surface area contributed by atoms with Crippen molar-refractivity contribution in [2.75, 3.05) is 6.54 Å². The van der Waals surface area contributed by atoms with E-state index in [1.165, 1.54) is 12.0 Å². The summed E-state index contributed by atoms with van der Waals surface area (Å²) in [6, 6.07) is 8.66. The second-order valence-corrected chi connectivity index (χ2v) is 5.15. The maximum Gasteiger partial charge on any atom is 0.117 e. The third-order valence-corrected chi connectivity index (χ3v) is 3.62. The van der Waals surface area contributed by atoms with Crippen molar-refractivity contribution in [1.29, 1.82) is 0 Å². The number of furan rings is 1. The molecule has 0 N–H and O–H groups in total. The largest absolute Gasteiger partial charge is 0.468 e. The predicted octanol–water partition coefficient (Wildman–Crippen LogP) is 3.26. The van der Waals surface area contributed by atoms with Gasteiger partial charge in [0.2, 0.25) is 0 Å². The van der Waals surface area contributed by atoms with E-state index in [2.05, 4.69) is 22.9 Å². The molecule has 3 heterocycles. The van der Waals surface area contributed by atoms with Crippen molar-refractivity contribution in [3.8, 4) is 0 Å². The van der Waals surface area contributed by atoms with Gasteiger partial charge in [0.1, 0.15) is 5.76 Å². The van der Waals surface area contributed by atoms with Crippen LogP contribution in [0.4, 0.5) is 0 Å². The molecule has 3 rings (SSSR count). The summed E-state index contributed by atoms with van der Waals surface area (Å²) < 4.78 is 5.46. The van der Waals surface area contributed by atoms with E-state index in [1.54, 1.807) is 6.26 Å². The normalized spacial score (nSPS) is 24.5. The van der Waals surface area contributed by atoms with Crippen LogP contribution in [0.15, 0.2) is 47.3 Å². The van der Waals surface area contributed by atoms with Crippen LogP contribution in [-0.2, 0) is 6.54 Å². The number of nitrogens with zero attached hydrogens (tertiary/aromatic N) is 2. The van der Waals surface area contributed by atoms with E-state index < -0.39 is 0 Å². The minimum absolute atomic E-state index is 0.471. The van der Waals surface area contributed by atoms with Crippen LogP contribution in [0, 0.1) is 5.92 Å². The predicted molar refractivity (Wildman–Crippen MR) is 69.9 cm³/mol. The molecule has 2 aromatic heterocycles. The van der Waals surface area contributed by atoms with Crippen molar-refractivity contribution >= 4 is 0 Å². The minimum atomic E-state index is 0.471. The molecule has 2 atom stereocenters. The van der Waals surface area contributed by atoms with Crippen LogP contribution >= 0.6 is 0 Å². The monoisotopic (exact) mass is 242 g/mol. The second kappa shape index (κ2) is 4.94. The first kappa shape index (κ1) is 11.5. The highest BCUT2D eigenvalue weighted by Gasteiger charge is 2.31. The molecule has 1 aliphatic rings. The highest BCUT2D eigenvalue weighted by Crippen LogP contribution is 2.35. The summed E-state index contributed by atoms with van der Waals surface area (Å²) in [5, 5.41) is 0. The minimum Gasteiger partial charge on any atom is -0.468 e. The summed E-state index contributed by atoms with van der Waals surface area (Å²) in [5.41, 5.74) is 1.31. The lowest BCUT2D eigenvalue weighted by Gasteiger charge is -2.23. The maximum absolute atomic E-state index is 5.46. The smallest absolute Gasteiger partial charge is 0.117 e. The van der Waals surface area contributed by atoms with E-state index in [0.717, 1.165) is 24.8 Å². The van der Waals surface area contributed by atoms with E-state index in [-0.39, 0.29) is 0 Å². The number of hydrogen-bond acceptors (Lipinski definition) is 3. The van der Waals surface area contributed by atoms with Gasteiger partial charge in [-0.3, -0.25) is 9.88 Å². The lowest BCUT2D eigenvalue weighted by atomic mass is 10.0. The van der Waals surface area contributed by atoms with Gasteiger partial charge in [-0.1, -0.05) is 13.0 Å². The van der Waals surface area contributed by atoms with Gasteiger partial charge in [-0.25, -0.2) is 0 Å². The van der Waals surface area contributed by atoms with Crippen LogP contribution in [0.5, 0.6) is 0 Å². The second-order valence-electron chi connectivity index (χ2n) is 5.15. The zero-order valence-electron chi connectivity index (χ0n) is 10.6. The Balaban J connectivity index is 1.79. The zero-order chi connectivity index (χ0) is 12.4. The Bertz CT molecular complexity index is 480. The third-order valence-electron chi connectivity index (χ3n) is 3.62. The Morgan fingerprint density at radius 2 is 2.33 bits per heavy atom. The molecule has 3 nitrogen and oxygen atoms in total. The fourth-order valence-electron chi connectivity index (χ4n) is 2.83. The first-order chi connectivity index (χ1) is 8.83. The van der Waals surface area contributed by atoms with Crippen LogP contribution in [0.25, 0.3) is 0 Å². The van der Waals surface area contributed by atoms with Crippen LogP contribution < -0.4 is 0 Å². The molecule has 18 heavy (non-hydrogen) atoms. The van der Waals surface area contributed by atoms with Crippen molar-refractivity contribution in [3.05, 3.63) is 54.2 Å². The molecule has 1 saturated heterocycles. The number of hydrogen-bond donors (Lipinski definition) is 0. The molecule has 0 aliphatic carbocycles. The standard InChI is InChI=1S/C15H18N2O/c1-12-8-15(13-4-2-6-16-9-13)17(10-12)11-14-5-3-7-18-14/h2-7,9,12,15H,8,10-11H2,1H3/t12-,15+/m0/s1. The van der Waals surface area contributed by atoms with Crippen LogP contribution in [0.2, 0.25) is 0 Å². The zero-order valence-corrected chi connectivity index (χ0v) is 10.6. The number of rotatable bonds is 3. The molecule has 2 aromatic rings. The SMILES string of the molecule is C[C@H]1C[C@H](c2cccnc2)N(Cc2ccco2)C1. The van der Waals surface area contributed by atoms with Gasteiger partial charge < -0.3 is 4.42 Å². The van der Waals surface area contributed by atoms with Gasteiger partial charge in [0.15, 0.2) is 0 Å². The molecule has 0 saturated carbocycles. The molecule has 1 aliphatic heterocycles. The summed E-state index contributed by atoms with van der Waals surface area (Å²) in [5.74, 6) is 1.77. The molecule has 1 fully saturated rings. The van der Waals surface area contributed by atoms with Gasteiger partial charge in [0, 0.05) is 25.0 Å². The Hall–Kier alpha value is -1.61. The van der Waals surface area contributed by atoms with Crippen molar-refractivity contribution < 1.29 is 4.42 Å². The lowest BCUT2D eigenvalue weighted by Crippen LogP contribution is -2.23. The van der Waals surface area contributed by atoms with Gasteiger partial charge in [0.05, 0.1) is 12.8 Å². The van der Waals surface area contributed by atoms with Crippen LogP contribution in [0.1, 0.15) is 30.7 Å². The summed E-state index contributed by atoms with van der Waals surface area (Å²) in [6.07, 6.45) is 6.76. The summed E-state index contributed by atoms with van der Waals surface area (Å²) >= 11 is 0. The van der Waals surface area contributed by atoms with Gasteiger partial charge in [-0.2, -0.15) is 0 Å². The Labute approximate surface area is 107 Å². The van der Waals surface area contributed by atoms with Crippen molar-refractivity contribution in [2.45, 2.75) is 25.9 Å². The number of aromatic nitrogens is 1. The topological polar surface area (TPSA) is 29.3 Å². The van der Waals surface area contributed by atoms with Crippen molar-refractivity contribution in [3.63, 3.8) is 0 Å². The lowest BCUT2D eigenvalue weighted by molar-refractivity contribution is 0.225. The Kier molecular flexibility index (Phi) is 3.15. The molecule has 0 spiro atoms. The van der Waals surface area contributed by atoms with Crippen molar-refractivity contribution in [2.24, 2.45) is 5.92 Å².